The number of amides is 2. The lowest BCUT2D eigenvalue weighted by Gasteiger charge is -2.32. The summed E-state index contributed by atoms with van der Waals surface area (Å²) in [5, 5.41) is 4.62. The quantitative estimate of drug-likeness (QED) is 0.243. The van der Waals surface area contributed by atoms with Crippen LogP contribution in [0, 0.1) is 0 Å². The molecule has 4 nitrogen and oxygen atoms in total. The van der Waals surface area contributed by atoms with Crippen molar-refractivity contribution in [3.8, 4) is 0 Å². The van der Waals surface area contributed by atoms with E-state index in [2.05, 4.69) is 5.32 Å². The van der Waals surface area contributed by atoms with Crippen molar-refractivity contribution in [3.63, 3.8) is 0 Å². The predicted octanol–water partition coefficient (Wildman–Crippen LogP) is 7.43. The predicted molar refractivity (Wildman–Crippen MR) is 156 cm³/mol. The monoisotopic (exact) mass is 576 g/mol. The Balaban J connectivity index is 1.86. The van der Waals surface area contributed by atoms with Crippen molar-refractivity contribution in [2.75, 3.05) is 5.75 Å². The molecule has 0 heterocycles. The molecule has 1 N–H and O–H groups in total. The van der Waals surface area contributed by atoms with E-state index in [9.17, 15) is 9.59 Å². The van der Waals surface area contributed by atoms with E-state index in [-0.39, 0.29) is 30.2 Å². The highest BCUT2D eigenvalue weighted by Crippen LogP contribution is 2.26. The summed E-state index contributed by atoms with van der Waals surface area (Å²) in [5.41, 5.74) is 2.74. The zero-order valence-electron chi connectivity index (χ0n) is 20.9. The van der Waals surface area contributed by atoms with Gasteiger partial charge in [0.2, 0.25) is 11.8 Å². The fourth-order valence-corrected chi connectivity index (χ4v) is 5.15. The Morgan fingerprint density at radius 1 is 0.892 bits per heavy atom. The van der Waals surface area contributed by atoms with Crippen LogP contribution in [-0.2, 0) is 28.3 Å². The first kappa shape index (κ1) is 29.4. The molecule has 2 atom stereocenters. The lowest BCUT2D eigenvalue weighted by atomic mass is 10.0. The number of carbonyl (C=O) groups is 2. The van der Waals surface area contributed by atoms with Crippen molar-refractivity contribution in [3.05, 3.63) is 105 Å². The van der Waals surface area contributed by atoms with Crippen LogP contribution in [0.1, 0.15) is 37.0 Å². The van der Waals surface area contributed by atoms with E-state index in [1.165, 1.54) is 11.8 Å². The van der Waals surface area contributed by atoms with Gasteiger partial charge in [0.25, 0.3) is 0 Å². The fourth-order valence-electron chi connectivity index (χ4n) is 3.77. The standard InChI is InChI=1S/C29H31Cl3N2O2S/c1-3-20(2)33-29(36)27(16-21-9-5-4-6-10-21)34(17-23-11-7-8-12-24(23)30)28(35)19-37-18-22-13-14-25(31)26(32)15-22/h4-15,20,27H,3,16-19H2,1-2H3,(H,33,36). The second-order valence-corrected chi connectivity index (χ2v) is 11.1. The van der Waals surface area contributed by atoms with Crippen LogP contribution in [0.15, 0.2) is 72.8 Å². The van der Waals surface area contributed by atoms with Crippen LogP contribution in [0.5, 0.6) is 0 Å². The Kier molecular flexibility index (Phi) is 11.7. The van der Waals surface area contributed by atoms with Crippen LogP contribution in [0.4, 0.5) is 0 Å². The molecule has 3 aromatic rings. The Bertz CT molecular complexity index is 1190. The van der Waals surface area contributed by atoms with Crippen molar-refractivity contribution < 1.29 is 9.59 Å². The minimum Gasteiger partial charge on any atom is -0.352 e. The first-order valence-electron chi connectivity index (χ1n) is 12.2. The molecule has 3 aromatic carbocycles. The van der Waals surface area contributed by atoms with Crippen LogP contribution >= 0.6 is 46.6 Å². The lowest BCUT2D eigenvalue weighted by Crippen LogP contribution is -2.52. The van der Waals surface area contributed by atoms with Gasteiger partial charge in [-0.25, -0.2) is 0 Å². The minimum atomic E-state index is -0.689. The lowest BCUT2D eigenvalue weighted by molar-refractivity contribution is -0.139. The van der Waals surface area contributed by atoms with Gasteiger partial charge >= 0.3 is 0 Å². The third kappa shape index (κ3) is 8.96. The van der Waals surface area contributed by atoms with E-state index in [0.717, 1.165) is 23.1 Å². The Hall–Kier alpha value is -2.18. The number of nitrogens with zero attached hydrogens (tertiary/aromatic N) is 1. The van der Waals surface area contributed by atoms with E-state index in [1.54, 1.807) is 23.1 Å². The van der Waals surface area contributed by atoms with Gasteiger partial charge in [0.1, 0.15) is 6.04 Å². The van der Waals surface area contributed by atoms with Gasteiger partial charge in [-0.15, -0.1) is 11.8 Å². The SMILES string of the molecule is CCC(C)NC(=O)C(Cc1ccccc1)N(Cc1ccccc1Cl)C(=O)CSCc1ccc(Cl)c(Cl)c1. The molecule has 3 rings (SSSR count). The molecule has 0 spiro atoms. The average molecular weight is 578 g/mol. The maximum absolute atomic E-state index is 13.7. The molecule has 0 radical (unpaired) electrons. The largest absolute Gasteiger partial charge is 0.352 e. The molecule has 0 aliphatic carbocycles. The molecule has 2 amide bonds. The molecule has 0 saturated heterocycles. The van der Waals surface area contributed by atoms with Crippen molar-refractivity contribution in [1.29, 1.82) is 0 Å². The number of rotatable bonds is 12. The van der Waals surface area contributed by atoms with Gasteiger partial charge in [0.15, 0.2) is 0 Å². The van der Waals surface area contributed by atoms with E-state index in [0.29, 0.717) is 27.2 Å². The van der Waals surface area contributed by atoms with E-state index < -0.39 is 6.04 Å². The molecule has 37 heavy (non-hydrogen) atoms. The van der Waals surface area contributed by atoms with Gasteiger partial charge in [0, 0.05) is 29.8 Å². The van der Waals surface area contributed by atoms with Gasteiger partial charge in [-0.05, 0) is 48.2 Å². The molecule has 0 saturated carbocycles. The van der Waals surface area contributed by atoms with Gasteiger partial charge in [-0.2, -0.15) is 0 Å². The molecule has 0 aliphatic rings. The Labute approximate surface area is 238 Å². The van der Waals surface area contributed by atoms with Crippen molar-refractivity contribution in [2.45, 2.75) is 51.1 Å². The van der Waals surface area contributed by atoms with E-state index in [1.807, 2.05) is 68.4 Å². The van der Waals surface area contributed by atoms with E-state index >= 15 is 0 Å². The highest BCUT2D eigenvalue weighted by molar-refractivity contribution is 7.99. The van der Waals surface area contributed by atoms with Crippen LogP contribution in [-0.4, -0.2) is 34.6 Å². The van der Waals surface area contributed by atoms with Gasteiger partial charge < -0.3 is 10.2 Å². The summed E-state index contributed by atoms with van der Waals surface area (Å²) in [6.45, 7) is 4.21. The first-order chi connectivity index (χ1) is 17.8. The highest BCUT2D eigenvalue weighted by atomic mass is 35.5. The van der Waals surface area contributed by atoms with Crippen LogP contribution in [0.3, 0.4) is 0 Å². The number of halogens is 3. The third-order valence-electron chi connectivity index (χ3n) is 6.05. The molecule has 0 bridgehead atoms. The molecule has 0 aromatic heterocycles. The molecule has 2 unspecified atom stereocenters. The number of hydrogen-bond donors (Lipinski definition) is 1. The van der Waals surface area contributed by atoms with Crippen molar-refractivity contribution in [1.82, 2.24) is 10.2 Å². The van der Waals surface area contributed by atoms with Gasteiger partial charge in [0.05, 0.1) is 15.8 Å². The second kappa shape index (κ2) is 14.7. The maximum Gasteiger partial charge on any atom is 0.243 e. The summed E-state index contributed by atoms with van der Waals surface area (Å²) in [5.74, 6) is 0.482. The zero-order valence-corrected chi connectivity index (χ0v) is 24.0. The number of nitrogens with one attached hydrogen (secondary N) is 1. The normalized spacial score (nSPS) is 12.6. The molecule has 0 fully saturated rings. The average Bonchev–Trinajstić information content (AvgIpc) is 2.89. The highest BCUT2D eigenvalue weighted by Gasteiger charge is 2.31. The molecule has 8 heteroatoms. The summed E-state index contributed by atoms with van der Waals surface area (Å²) >= 11 is 20.1. The third-order valence-corrected chi connectivity index (χ3v) is 8.15. The smallest absolute Gasteiger partial charge is 0.243 e. The van der Waals surface area contributed by atoms with Crippen LogP contribution in [0.25, 0.3) is 0 Å². The molecule has 196 valence electrons. The number of benzene rings is 3. The van der Waals surface area contributed by atoms with Crippen molar-refractivity contribution >= 4 is 58.4 Å². The Morgan fingerprint density at radius 3 is 2.27 bits per heavy atom. The topological polar surface area (TPSA) is 49.4 Å². The fraction of sp³-hybridized carbons (Fsp3) is 0.310. The summed E-state index contributed by atoms with van der Waals surface area (Å²) in [6.07, 6.45) is 1.19. The van der Waals surface area contributed by atoms with E-state index in [4.69, 9.17) is 34.8 Å². The second-order valence-electron chi connectivity index (χ2n) is 8.88. The zero-order chi connectivity index (χ0) is 26.8. The number of thioether (sulfide) groups is 1. The summed E-state index contributed by atoms with van der Waals surface area (Å²) in [6, 6.07) is 21.9. The summed E-state index contributed by atoms with van der Waals surface area (Å²) in [4.78, 5) is 28.9. The first-order valence-corrected chi connectivity index (χ1v) is 14.5. The maximum atomic E-state index is 13.7. The van der Waals surface area contributed by atoms with Gasteiger partial charge in [-0.3, -0.25) is 9.59 Å². The van der Waals surface area contributed by atoms with Crippen LogP contribution in [0.2, 0.25) is 15.1 Å². The molecular weight excluding hydrogens is 547 g/mol. The van der Waals surface area contributed by atoms with Crippen molar-refractivity contribution in [2.24, 2.45) is 0 Å². The summed E-state index contributed by atoms with van der Waals surface area (Å²) < 4.78 is 0. The number of carbonyl (C=O) groups excluding carboxylic acids is 2. The Morgan fingerprint density at radius 2 is 1.59 bits per heavy atom. The number of hydrogen-bond acceptors (Lipinski definition) is 3. The minimum absolute atomic E-state index is 0.00735. The van der Waals surface area contributed by atoms with Gasteiger partial charge in [-0.1, -0.05) is 96.3 Å². The van der Waals surface area contributed by atoms with Crippen LogP contribution < -0.4 is 5.32 Å². The molecular formula is C29H31Cl3N2O2S. The molecule has 0 aliphatic heterocycles. The summed E-state index contributed by atoms with van der Waals surface area (Å²) in [7, 11) is 0.